The molecule has 0 spiro atoms. The van der Waals surface area contributed by atoms with Gasteiger partial charge in [-0.1, -0.05) is 48.5 Å². The number of aromatic nitrogens is 1. The number of nitrogens with zero attached hydrogens (tertiary/aromatic N) is 3. The molecule has 3 aromatic rings. The molecule has 0 saturated heterocycles. The first-order valence-electron chi connectivity index (χ1n) is 12.5. The van der Waals surface area contributed by atoms with Crippen LogP contribution in [0, 0.1) is 5.82 Å². The highest BCUT2D eigenvalue weighted by Gasteiger charge is 2.46. The fourth-order valence-electron chi connectivity index (χ4n) is 5.02. The van der Waals surface area contributed by atoms with E-state index in [9.17, 15) is 18.8 Å². The van der Waals surface area contributed by atoms with Crippen molar-refractivity contribution in [3.05, 3.63) is 113 Å². The van der Waals surface area contributed by atoms with E-state index in [1.54, 1.807) is 24.4 Å². The number of pyridine rings is 1. The molecule has 2 atom stereocenters. The number of hydrogen-bond acceptors (Lipinski definition) is 4. The molecule has 2 aliphatic rings. The molecule has 0 radical (unpaired) electrons. The topological polar surface area (TPSA) is 94.6 Å². The van der Waals surface area contributed by atoms with Crippen molar-refractivity contribution in [3.63, 3.8) is 0 Å². The molecule has 0 saturated carbocycles. The molecule has 38 heavy (non-hydrogen) atoms. The molecule has 2 aliphatic heterocycles. The van der Waals surface area contributed by atoms with Crippen LogP contribution in [0.2, 0.25) is 0 Å². The van der Waals surface area contributed by atoms with E-state index in [1.807, 2.05) is 49.4 Å². The molecule has 0 unspecified atom stereocenters. The summed E-state index contributed by atoms with van der Waals surface area (Å²) in [6.45, 7) is 2.47. The summed E-state index contributed by atoms with van der Waals surface area (Å²) in [6, 6.07) is 18.8. The van der Waals surface area contributed by atoms with Crippen molar-refractivity contribution in [2.45, 2.75) is 32.0 Å². The Morgan fingerprint density at radius 1 is 1.11 bits per heavy atom. The van der Waals surface area contributed by atoms with Gasteiger partial charge in [0, 0.05) is 19.2 Å². The second-order valence-corrected chi connectivity index (χ2v) is 9.22. The van der Waals surface area contributed by atoms with E-state index in [0.29, 0.717) is 35.5 Å². The van der Waals surface area contributed by atoms with Crippen LogP contribution in [-0.4, -0.2) is 51.8 Å². The minimum Gasteiger partial charge on any atom is -0.349 e. The SMILES string of the molecule is CCN1C(=O)N[C@H](c2cccc(F)c2)C2=C1CN([C@H](Cc1ccccc1)C(=O)NCc1ccccn1)C2=O. The molecule has 9 heteroatoms. The van der Waals surface area contributed by atoms with Crippen molar-refractivity contribution in [3.8, 4) is 0 Å². The normalized spacial score (nSPS) is 17.8. The Balaban J connectivity index is 1.48. The Labute approximate surface area is 220 Å². The van der Waals surface area contributed by atoms with Gasteiger partial charge in [-0.2, -0.15) is 0 Å². The second-order valence-electron chi connectivity index (χ2n) is 9.22. The number of hydrogen-bond donors (Lipinski definition) is 2. The van der Waals surface area contributed by atoms with Gasteiger partial charge in [0.25, 0.3) is 5.91 Å². The van der Waals surface area contributed by atoms with Crippen LogP contribution >= 0.6 is 0 Å². The van der Waals surface area contributed by atoms with Crippen LogP contribution < -0.4 is 10.6 Å². The molecule has 3 heterocycles. The molecule has 4 amide bonds. The molecule has 1 aromatic heterocycles. The number of carbonyl (C=O) groups excluding carboxylic acids is 3. The quantitative estimate of drug-likeness (QED) is 0.483. The van der Waals surface area contributed by atoms with E-state index in [4.69, 9.17) is 0 Å². The minimum absolute atomic E-state index is 0.0930. The Morgan fingerprint density at radius 2 is 1.89 bits per heavy atom. The average molecular weight is 514 g/mol. The van der Waals surface area contributed by atoms with Gasteiger partial charge in [0.15, 0.2) is 0 Å². The standard InChI is InChI=1S/C29H28FN5O3/c1-2-34-24-18-35(28(37)25(24)26(33-29(34)38)20-11-8-12-21(30)16-20)23(15-19-9-4-3-5-10-19)27(36)32-17-22-13-6-7-14-31-22/h3-14,16,23,26H,2,15,17-18H2,1H3,(H,32,36)(H,33,38)/t23-,26-/m1/s1. The maximum atomic E-state index is 14.1. The highest BCUT2D eigenvalue weighted by molar-refractivity contribution is 6.03. The molecule has 2 N–H and O–H groups in total. The first-order chi connectivity index (χ1) is 18.5. The van der Waals surface area contributed by atoms with Crippen LogP contribution in [0.5, 0.6) is 0 Å². The van der Waals surface area contributed by atoms with E-state index in [0.717, 1.165) is 5.56 Å². The van der Waals surface area contributed by atoms with Gasteiger partial charge < -0.3 is 15.5 Å². The van der Waals surface area contributed by atoms with Gasteiger partial charge in [0.05, 0.1) is 36.1 Å². The van der Waals surface area contributed by atoms with Gasteiger partial charge in [-0.25, -0.2) is 9.18 Å². The van der Waals surface area contributed by atoms with E-state index >= 15 is 0 Å². The predicted octanol–water partition coefficient (Wildman–Crippen LogP) is 3.33. The van der Waals surface area contributed by atoms with Crippen molar-refractivity contribution in [1.82, 2.24) is 25.4 Å². The molecule has 0 bridgehead atoms. The lowest BCUT2D eigenvalue weighted by atomic mass is 9.95. The zero-order chi connectivity index (χ0) is 26.6. The zero-order valence-corrected chi connectivity index (χ0v) is 20.9. The smallest absolute Gasteiger partial charge is 0.322 e. The summed E-state index contributed by atoms with van der Waals surface area (Å²) >= 11 is 0. The Morgan fingerprint density at radius 3 is 2.61 bits per heavy atom. The number of carbonyl (C=O) groups is 3. The maximum absolute atomic E-state index is 14.1. The lowest BCUT2D eigenvalue weighted by Gasteiger charge is -2.32. The van der Waals surface area contributed by atoms with E-state index in [-0.39, 0.29) is 30.9 Å². The number of halogens is 1. The number of amides is 4. The van der Waals surface area contributed by atoms with Gasteiger partial charge in [-0.15, -0.1) is 0 Å². The minimum atomic E-state index is -0.832. The molecule has 0 fully saturated rings. The molecule has 0 aliphatic carbocycles. The van der Waals surface area contributed by atoms with Gasteiger partial charge in [-0.05, 0) is 42.3 Å². The molecule has 8 nitrogen and oxygen atoms in total. The lowest BCUT2D eigenvalue weighted by molar-refractivity contribution is -0.136. The number of rotatable bonds is 8. The fraction of sp³-hybridized carbons (Fsp3) is 0.241. The van der Waals surface area contributed by atoms with Crippen LogP contribution in [0.1, 0.15) is 29.8 Å². The van der Waals surface area contributed by atoms with Gasteiger partial charge >= 0.3 is 6.03 Å². The Kier molecular flexibility index (Phi) is 7.17. The summed E-state index contributed by atoms with van der Waals surface area (Å²) < 4.78 is 14.1. The molecule has 194 valence electrons. The predicted molar refractivity (Wildman–Crippen MR) is 139 cm³/mol. The van der Waals surface area contributed by atoms with E-state index in [1.165, 1.54) is 21.9 Å². The van der Waals surface area contributed by atoms with Gasteiger partial charge in [0.1, 0.15) is 11.9 Å². The van der Waals surface area contributed by atoms with Crippen molar-refractivity contribution >= 4 is 17.8 Å². The van der Waals surface area contributed by atoms with Crippen molar-refractivity contribution in [2.24, 2.45) is 0 Å². The third kappa shape index (κ3) is 5.00. The third-order valence-electron chi connectivity index (χ3n) is 6.87. The Bertz CT molecular complexity index is 1380. The lowest BCUT2D eigenvalue weighted by Crippen LogP contribution is -2.49. The van der Waals surface area contributed by atoms with Gasteiger partial charge in [0.2, 0.25) is 5.91 Å². The molecule has 5 rings (SSSR count). The highest BCUT2D eigenvalue weighted by atomic mass is 19.1. The van der Waals surface area contributed by atoms with Crippen molar-refractivity contribution in [2.75, 3.05) is 13.1 Å². The van der Waals surface area contributed by atoms with E-state index in [2.05, 4.69) is 15.6 Å². The monoisotopic (exact) mass is 513 g/mol. The highest BCUT2D eigenvalue weighted by Crippen LogP contribution is 2.37. The summed E-state index contributed by atoms with van der Waals surface area (Å²) in [5.74, 6) is -1.14. The number of nitrogens with one attached hydrogen (secondary N) is 2. The summed E-state index contributed by atoms with van der Waals surface area (Å²) in [5.41, 5.74) is 2.95. The van der Waals surface area contributed by atoms with Crippen LogP contribution in [0.3, 0.4) is 0 Å². The zero-order valence-electron chi connectivity index (χ0n) is 20.9. The largest absolute Gasteiger partial charge is 0.349 e. The molecular formula is C29H28FN5O3. The molecule has 2 aromatic carbocycles. The molecular weight excluding hydrogens is 485 g/mol. The summed E-state index contributed by atoms with van der Waals surface area (Å²) in [5, 5.41) is 5.78. The average Bonchev–Trinajstić information content (AvgIpc) is 3.27. The van der Waals surface area contributed by atoms with Gasteiger partial charge in [-0.3, -0.25) is 19.5 Å². The Hall–Kier alpha value is -4.53. The van der Waals surface area contributed by atoms with Crippen molar-refractivity contribution in [1.29, 1.82) is 0 Å². The second kappa shape index (κ2) is 10.8. The maximum Gasteiger partial charge on any atom is 0.322 e. The van der Waals surface area contributed by atoms with Crippen LogP contribution in [-0.2, 0) is 22.6 Å². The fourth-order valence-corrected chi connectivity index (χ4v) is 5.02. The summed E-state index contributed by atoms with van der Waals surface area (Å²) in [4.78, 5) is 47.8. The third-order valence-corrected chi connectivity index (χ3v) is 6.87. The first kappa shape index (κ1) is 25.1. The first-order valence-corrected chi connectivity index (χ1v) is 12.5. The summed E-state index contributed by atoms with van der Waals surface area (Å²) in [6.07, 6.45) is 1.94. The number of benzene rings is 2. The number of urea groups is 1. The van der Waals surface area contributed by atoms with Crippen LogP contribution in [0.15, 0.2) is 90.3 Å². The van der Waals surface area contributed by atoms with Crippen LogP contribution in [0.25, 0.3) is 0 Å². The summed E-state index contributed by atoms with van der Waals surface area (Å²) in [7, 11) is 0. The van der Waals surface area contributed by atoms with Crippen LogP contribution in [0.4, 0.5) is 9.18 Å². The van der Waals surface area contributed by atoms with Crippen molar-refractivity contribution < 1.29 is 18.8 Å². The van der Waals surface area contributed by atoms with E-state index < -0.39 is 17.9 Å². The number of likely N-dealkylation sites (N-methyl/N-ethyl adjacent to an activating group) is 1.